The van der Waals surface area contributed by atoms with Crippen LogP contribution in [-0.2, 0) is 0 Å². The lowest BCUT2D eigenvalue weighted by Crippen LogP contribution is -1.79. The number of rotatable bonds is 2. The van der Waals surface area contributed by atoms with Crippen molar-refractivity contribution in [2.75, 3.05) is 0 Å². The largest absolute Gasteiger partial charge is 0.255 e. The molecule has 0 fully saturated rings. The second-order valence-corrected chi connectivity index (χ2v) is 3.87. The van der Waals surface area contributed by atoms with E-state index in [0.29, 0.717) is 0 Å². The maximum absolute atomic E-state index is 4.38. The van der Waals surface area contributed by atoms with E-state index in [4.69, 9.17) is 0 Å². The summed E-state index contributed by atoms with van der Waals surface area (Å²) in [6.45, 7) is 2.02. The van der Waals surface area contributed by atoms with Crippen molar-refractivity contribution < 1.29 is 0 Å². The van der Waals surface area contributed by atoms with Crippen molar-refractivity contribution in [1.82, 2.24) is 4.98 Å². The lowest BCUT2D eigenvalue weighted by Gasteiger charge is -2.01. The van der Waals surface area contributed by atoms with Crippen LogP contribution in [0.4, 0.5) is 0 Å². The third kappa shape index (κ3) is 1.80. The summed E-state index contributed by atoms with van der Waals surface area (Å²) in [6.07, 6.45) is 3.87. The average Bonchev–Trinajstić information content (AvgIpc) is 2.26. The van der Waals surface area contributed by atoms with Gasteiger partial charge >= 0.3 is 0 Å². The Hall–Kier alpha value is -1.28. The van der Waals surface area contributed by atoms with Crippen LogP contribution in [-0.4, -0.2) is 4.98 Å². The van der Waals surface area contributed by atoms with Crippen molar-refractivity contribution in [1.29, 1.82) is 0 Å². The number of nitrogens with zero attached hydrogens (tertiary/aromatic N) is 1. The van der Waals surface area contributed by atoms with Crippen molar-refractivity contribution >= 4 is 22.7 Å². The number of fused-ring (bicyclic) bond motifs is 1. The summed E-state index contributed by atoms with van der Waals surface area (Å²) in [5.41, 5.74) is 1.08. The highest BCUT2D eigenvalue weighted by Crippen LogP contribution is 2.26. The molecule has 1 aromatic heterocycles. The van der Waals surface area contributed by atoms with E-state index in [-0.39, 0.29) is 0 Å². The second-order valence-electron chi connectivity index (χ2n) is 2.92. The Kier molecular flexibility index (Phi) is 2.84. The third-order valence-corrected chi connectivity index (χ3v) is 2.92. The molecule has 0 N–H and O–H groups in total. The first-order valence-corrected chi connectivity index (χ1v) is 5.41. The number of hydrogen-bond acceptors (Lipinski definition) is 2. The Morgan fingerprint density at radius 1 is 1.21 bits per heavy atom. The molecule has 1 nitrogen and oxygen atoms in total. The predicted molar refractivity (Wildman–Crippen MR) is 62.4 cm³/mol. The van der Waals surface area contributed by atoms with Gasteiger partial charge in [0.1, 0.15) is 0 Å². The van der Waals surface area contributed by atoms with E-state index in [1.807, 2.05) is 25.3 Å². The molecule has 0 spiro atoms. The maximum atomic E-state index is 4.38. The molecular formula is C12H11NS. The van der Waals surface area contributed by atoms with Gasteiger partial charge in [-0.1, -0.05) is 36.0 Å². The average molecular weight is 201 g/mol. The van der Waals surface area contributed by atoms with Crippen LogP contribution >= 0.6 is 11.8 Å². The zero-order valence-electron chi connectivity index (χ0n) is 7.97. The monoisotopic (exact) mass is 201 g/mol. The van der Waals surface area contributed by atoms with Crippen LogP contribution in [0, 0.1) is 0 Å². The molecule has 0 bridgehead atoms. The Morgan fingerprint density at radius 2 is 2.07 bits per heavy atom. The Labute approximate surface area is 87.9 Å². The molecule has 0 aliphatic heterocycles. The van der Waals surface area contributed by atoms with Crippen molar-refractivity contribution in [2.24, 2.45) is 0 Å². The summed E-state index contributed by atoms with van der Waals surface area (Å²) in [6, 6.07) is 10.3. The molecule has 2 aromatic rings. The third-order valence-electron chi connectivity index (χ3n) is 1.93. The summed E-state index contributed by atoms with van der Waals surface area (Å²) >= 11 is 1.71. The number of pyridine rings is 1. The van der Waals surface area contributed by atoms with Crippen LogP contribution in [0.1, 0.15) is 6.92 Å². The van der Waals surface area contributed by atoms with Crippen LogP contribution < -0.4 is 0 Å². The van der Waals surface area contributed by atoms with Crippen LogP contribution in [0.2, 0.25) is 0 Å². The highest BCUT2D eigenvalue weighted by Gasteiger charge is 1.99. The van der Waals surface area contributed by atoms with E-state index in [1.54, 1.807) is 11.8 Å². The molecule has 70 valence electrons. The van der Waals surface area contributed by atoms with Gasteiger partial charge in [0.25, 0.3) is 0 Å². The minimum absolute atomic E-state index is 1.08. The van der Waals surface area contributed by atoms with Gasteiger partial charge in [-0.2, -0.15) is 0 Å². The predicted octanol–water partition coefficient (Wildman–Crippen LogP) is 3.86. The van der Waals surface area contributed by atoms with Crippen LogP contribution in [0.25, 0.3) is 10.9 Å². The number of allylic oxidation sites excluding steroid dienone is 1. The van der Waals surface area contributed by atoms with Crippen molar-refractivity contribution in [2.45, 2.75) is 11.8 Å². The summed E-state index contributed by atoms with van der Waals surface area (Å²) in [4.78, 5) is 5.59. The van der Waals surface area contributed by atoms with Gasteiger partial charge in [-0.3, -0.25) is 4.98 Å². The quantitative estimate of drug-likeness (QED) is 0.684. The summed E-state index contributed by atoms with van der Waals surface area (Å²) < 4.78 is 0. The Morgan fingerprint density at radius 3 is 2.93 bits per heavy atom. The SMILES string of the molecule is CC=CSc1cccc2cccnc12. The molecular weight excluding hydrogens is 190 g/mol. The fourth-order valence-electron chi connectivity index (χ4n) is 1.31. The molecule has 0 saturated heterocycles. The highest BCUT2D eigenvalue weighted by molar-refractivity contribution is 8.02. The van der Waals surface area contributed by atoms with Gasteiger partial charge in [0.15, 0.2) is 0 Å². The molecule has 2 rings (SSSR count). The summed E-state index contributed by atoms with van der Waals surface area (Å²) in [5.74, 6) is 0. The Bertz CT molecular complexity index is 457. The lowest BCUT2D eigenvalue weighted by molar-refractivity contribution is 1.35. The van der Waals surface area contributed by atoms with E-state index in [0.717, 1.165) is 5.52 Å². The minimum atomic E-state index is 1.08. The molecule has 1 heterocycles. The first-order valence-electron chi connectivity index (χ1n) is 4.53. The number of thioether (sulfide) groups is 1. The van der Waals surface area contributed by atoms with Crippen molar-refractivity contribution in [3.05, 3.63) is 48.0 Å². The molecule has 0 radical (unpaired) electrons. The maximum Gasteiger partial charge on any atom is 0.0841 e. The first-order chi connectivity index (χ1) is 6.92. The molecule has 14 heavy (non-hydrogen) atoms. The van der Waals surface area contributed by atoms with Gasteiger partial charge in [0.05, 0.1) is 5.52 Å². The normalized spacial score (nSPS) is 11.2. The zero-order chi connectivity index (χ0) is 9.80. The molecule has 0 atom stereocenters. The van der Waals surface area contributed by atoms with Gasteiger partial charge in [-0.25, -0.2) is 0 Å². The van der Waals surface area contributed by atoms with Gasteiger partial charge in [-0.15, -0.1) is 0 Å². The molecule has 1 aromatic carbocycles. The number of aromatic nitrogens is 1. The number of para-hydroxylation sites is 1. The van der Waals surface area contributed by atoms with E-state index < -0.39 is 0 Å². The van der Waals surface area contributed by atoms with E-state index in [9.17, 15) is 0 Å². The van der Waals surface area contributed by atoms with Gasteiger partial charge in [0.2, 0.25) is 0 Å². The Balaban J connectivity index is 2.53. The van der Waals surface area contributed by atoms with Gasteiger partial charge in [-0.05, 0) is 24.5 Å². The van der Waals surface area contributed by atoms with Crippen molar-refractivity contribution in [3.63, 3.8) is 0 Å². The molecule has 0 amide bonds. The van der Waals surface area contributed by atoms with Crippen LogP contribution in [0.15, 0.2) is 52.9 Å². The molecule has 0 saturated carbocycles. The van der Waals surface area contributed by atoms with E-state index in [1.165, 1.54) is 10.3 Å². The highest BCUT2D eigenvalue weighted by atomic mass is 32.2. The first kappa shape index (κ1) is 9.28. The number of benzene rings is 1. The van der Waals surface area contributed by atoms with Crippen LogP contribution in [0.5, 0.6) is 0 Å². The lowest BCUT2D eigenvalue weighted by atomic mass is 10.2. The standard InChI is InChI=1S/C12H11NS/c1-2-9-14-11-7-3-5-10-6-4-8-13-12(10)11/h2-9H,1H3. The summed E-state index contributed by atoms with van der Waals surface area (Å²) in [7, 11) is 0. The fourth-order valence-corrected chi connectivity index (χ4v) is 2.03. The van der Waals surface area contributed by atoms with Crippen molar-refractivity contribution in [3.8, 4) is 0 Å². The number of hydrogen-bond donors (Lipinski definition) is 0. The van der Waals surface area contributed by atoms with E-state index >= 15 is 0 Å². The fraction of sp³-hybridized carbons (Fsp3) is 0.0833. The van der Waals surface area contributed by atoms with Crippen LogP contribution in [0.3, 0.4) is 0 Å². The molecule has 0 aliphatic carbocycles. The second kappa shape index (κ2) is 4.29. The zero-order valence-corrected chi connectivity index (χ0v) is 8.79. The van der Waals surface area contributed by atoms with Gasteiger partial charge < -0.3 is 0 Å². The van der Waals surface area contributed by atoms with Gasteiger partial charge in [0, 0.05) is 16.5 Å². The smallest absolute Gasteiger partial charge is 0.0841 e. The molecule has 0 aliphatic rings. The molecule has 2 heteroatoms. The molecule has 0 unspecified atom stereocenters. The summed E-state index contributed by atoms with van der Waals surface area (Å²) in [5, 5.41) is 3.27. The minimum Gasteiger partial charge on any atom is -0.255 e. The van der Waals surface area contributed by atoms with E-state index in [2.05, 4.69) is 34.7 Å². The topological polar surface area (TPSA) is 12.9 Å².